The molecule has 1 aliphatic carbocycles. The molecular formula is C16H18F3NO3. The van der Waals surface area contributed by atoms with Crippen molar-refractivity contribution >= 4 is 5.91 Å². The largest absolute Gasteiger partial charge is 0.573 e. The Hall–Kier alpha value is -1.76. The van der Waals surface area contributed by atoms with Crippen LogP contribution >= 0.6 is 0 Å². The maximum absolute atomic E-state index is 12.7. The van der Waals surface area contributed by atoms with Gasteiger partial charge in [-0.15, -0.1) is 13.2 Å². The normalized spacial score (nSPS) is 21.3. The van der Waals surface area contributed by atoms with E-state index in [-0.39, 0.29) is 23.3 Å². The first kappa shape index (κ1) is 16.1. The summed E-state index contributed by atoms with van der Waals surface area (Å²) in [5.41, 5.74) is 0.220. The molecule has 7 heteroatoms. The molecule has 4 nitrogen and oxygen atoms in total. The van der Waals surface area contributed by atoms with Crippen LogP contribution in [0.4, 0.5) is 13.2 Å². The Bertz CT molecular complexity index is 566. The summed E-state index contributed by atoms with van der Waals surface area (Å²) in [6, 6.07) is 5.45. The van der Waals surface area contributed by atoms with Gasteiger partial charge < -0.3 is 14.4 Å². The Kier molecular flexibility index (Phi) is 4.48. The Morgan fingerprint density at radius 2 is 2.09 bits per heavy atom. The lowest BCUT2D eigenvalue weighted by Gasteiger charge is -2.25. The molecule has 1 aromatic carbocycles. The molecule has 1 heterocycles. The number of carbonyl (C=O) groups excluding carboxylic acids is 1. The first-order valence-electron chi connectivity index (χ1n) is 7.67. The number of ether oxygens (including phenoxy) is 2. The number of amides is 1. The molecular weight excluding hydrogens is 311 g/mol. The van der Waals surface area contributed by atoms with E-state index in [1.807, 2.05) is 0 Å². The number of hydrogen-bond acceptors (Lipinski definition) is 3. The molecule has 0 spiro atoms. The number of carbonyl (C=O) groups is 1. The quantitative estimate of drug-likeness (QED) is 0.832. The van der Waals surface area contributed by atoms with Crippen LogP contribution in [0.5, 0.6) is 5.75 Å². The van der Waals surface area contributed by atoms with Gasteiger partial charge in [-0.3, -0.25) is 4.79 Å². The van der Waals surface area contributed by atoms with Crippen LogP contribution in [0.15, 0.2) is 24.3 Å². The van der Waals surface area contributed by atoms with E-state index in [9.17, 15) is 18.0 Å². The molecule has 1 amide bonds. The topological polar surface area (TPSA) is 38.8 Å². The third-order valence-electron chi connectivity index (χ3n) is 4.04. The fourth-order valence-corrected chi connectivity index (χ4v) is 2.78. The van der Waals surface area contributed by atoms with Gasteiger partial charge >= 0.3 is 6.36 Å². The molecule has 2 aliphatic rings. The average Bonchev–Trinajstić information content (AvgIpc) is 3.19. The second kappa shape index (κ2) is 6.39. The fourth-order valence-electron chi connectivity index (χ4n) is 2.78. The smallest absolute Gasteiger partial charge is 0.406 e. The molecule has 3 rings (SSSR count). The Labute approximate surface area is 132 Å². The summed E-state index contributed by atoms with van der Waals surface area (Å²) in [4.78, 5) is 14.5. The van der Waals surface area contributed by atoms with Crippen LogP contribution in [0.1, 0.15) is 29.6 Å². The van der Waals surface area contributed by atoms with E-state index in [1.165, 1.54) is 18.2 Å². The van der Waals surface area contributed by atoms with E-state index in [1.54, 1.807) is 4.90 Å². The van der Waals surface area contributed by atoms with Crippen LogP contribution < -0.4 is 4.74 Å². The van der Waals surface area contributed by atoms with Crippen molar-refractivity contribution in [1.82, 2.24) is 4.90 Å². The summed E-state index contributed by atoms with van der Waals surface area (Å²) in [7, 11) is 0. The van der Waals surface area contributed by atoms with Gasteiger partial charge in [0.15, 0.2) is 0 Å². The standard InChI is InChI=1S/C16H18F3NO3/c17-16(18,19)23-14-3-1-2-12(8-14)15(21)20(13-4-5-13)9-11-6-7-22-10-11/h1-3,8,11,13H,4-7,9-10H2/t11-/m0/s1. The highest BCUT2D eigenvalue weighted by Gasteiger charge is 2.36. The predicted molar refractivity (Wildman–Crippen MR) is 76.1 cm³/mol. The highest BCUT2D eigenvalue weighted by Crippen LogP contribution is 2.31. The summed E-state index contributed by atoms with van der Waals surface area (Å²) in [5, 5.41) is 0. The zero-order valence-electron chi connectivity index (χ0n) is 12.5. The molecule has 2 fully saturated rings. The van der Waals surface area contributed by atoms with Crippen LogP contribution in [-0.2, 0) is 4.74 Å². The fraction of sp³-hybridized carbons (Fsp3) is 0.562. The highest BCUT2D eigenvalue weighted by atomic mass is 19.4. The molecule has 23 heavy (non-hydrogen) atoms. The summed E-state index contributed by atoms with van der Waals surface area (Å²) < 4.78 is 46.2. The lowest BCUT2D eigenvalue weighted by molar-refractivity contribution is -0.274. The Morgan fingerprint density at radius 3 is 2.70 bits per heavy atom. The number of benzene rings is 1. The minimum Gasteiger partial charge on any atom is -0.406 e. The molecule has 0 aromatic heterocycles. The second-order valence-corrected chi connectivity index (χ2v) is 5.99. The number of nitrogens with zero attached hydrogens (tertiary/aromatic N) is 1. The summed E-state index contributed by atoms with van der Waals surface area (Å²) in [6.45, 7) is 1.92. The molecule has 1 aliphatic heterocycles. The highest BCUT2D eigenvalue weighted by molar-refractivity contribution is 5.95. The summed E-state index contributed by atoms with van der Waals surface area (Å²) >= 11 is 0. The molecule has 1 atom stereocenters. The van der Waals surface area contributed by atoms with Crippen molar-refractivity contribution in [3.8, 4) is 5.75 Å². The minimum atomic E-state index is -4.76. The molecule has 1 aromatic rings. The van der Waals surface area contributed by atoms with Gasteiger partial charge in [0.25, 0.3) is 5.91 Å². The van der Waals surface area contributed by atoms with E-state index in [2.05, 4.69) is 4.74 Å². The van der Waals surface area contributed by atoms with Gasteiger partial charge in [0, 0.05) is 30.7 Å². The Morgan fingerprint density at radius 1 is 1.30 bits per heavy atom. The molecule has 1 saturated carbocycles. The van der Waals surface area contributed by atoms with Crippen LogP contribution in [0.3, 0.4) is 0 Å². The van der Waals surface area contributed by atoms with Gasteiger partial charge in [0.1, 0.15) is 5.75 Å². The lowest BCUT2D eigenvalue weighted by atomic mass is 10.1. The van der Waals surface area contributed by atoms with E-state index >= 15 is 0 Å². The number of halogens is 3. The first-order chi connectivity index (χ1) is 10.9. The van der Waals surface area contributed by atoms with Gasteiger partial charge in [0.05, 0.1) is 6.61 Å². The van der Waals surface area contributed by atoms with Gasteiger partial charge in [-0.2, -0.15) is 0 Å². The molecule has 0 unspecified atom stereocenters. The zero-order valence-corrected chi connectivity index (χ0v) is 12.5. The second-order valence-electron chi connectivity index (χ2n) is 5.99. The molecule has 0 bridgehead atoms. The van der Waals surface area contributed by atoms with Crippen molar-refractivity contribution in [1.29, 1.82) is 0 Å². The van der Waals surface area contributed by atoms with Crippen LogP contribution in [0.25, 0.3) is 0 Å². The summed E-state index contributed by atoms with van der Waals surface area (Å²) in [6.07, 6.45) is -1.97. The van der Waals surface area contributed by atoms with E-state index < -0.39 is 6.36 Å². The lowest BCUT2D eigenvalue weighted by Crippen LogP contribution is -2.37. The van der Waals surface area contributed by atoms with Crippen molar-refractivity contribution in [2.24, 2.45) is 5.92 Å². The molecule has 126 valence electrons. The maximum atomic E-state index is 12.7. The maximum Gasteiger partial charge on any atom is 0.573 e. The van der Waals surface area contributed by atoms with Crippen molar-refractivity contribution in [3.05, 3.63) is 29.8 Å². The van der Waals surface area contributed by atoms with E-state index in [0.717, 1.165) is 25.3 Å². The minimum absolute atomic E-state index is 0.190. The van der Waals surface area contributed by atoms with Crippen LogP contribution in [0, 0.1) is 5.92 Å². The third-order valence-corrected chi connectivity index (χ3v) is 4.04. The average molecular weight is 329 g/mol. The SMILES string of the molecule is O=C(c1cccc(OC(F)(F)F)c1)N(C[C@@H]1CCOC1)C1CC1. The molecule has 1 saturated heterocycles. The van der Waals surface area contributed by atoms with Crippen LogP contribution in [-0.4, -0.2) is 43.0 Å². The number of alkyl halides is 3. The first-order valence-corrected chi connectivity index (χ1v) is 7.67. The van der Waals surface area contributed by atoms with Crippen molar-refractivity contribution in [2.45, 2.75) is 31.7 Å². The van der Waals surface area contributed by atoms with Crippen molar-refractivity contribution < 1.29 is 27.4 Å². The van der Waals surface area contributed by atoms with Crippen molar-refractivity contribution in [3.63, 3.8) is 0 Å². The summed E-state index contributed by atoms with van der Waals surface area (Å²) in [5.74, 6) is -0.315. The number of hydrogen-bond donors (Lipinski definition) is 0. The van der Waals surface area contributed by atoms with Gasteiger partial charge in [0.2, 0.25) is 0 Å². The Balaban J connectivity index is 1.73. The van der Waals surface area contributed by atoms with Gasteiger partial charge in [-0.25, -0.2) is 0 Å². The van der Waals surface area contributed by atoms with Gasteiger partial charge in [-0.05, 0) is 37.5 Å². The molecule has 0 N–H and O–H groups in total. The van der Waals surface area contributed by atoms with Crippen LogP contribution in [0.2, 0.25) is 0 Å². The predicted octanol–water partition coefficient (Wildman–Crippen LogP) is 3.23. The monoisotopic (exact) mass is 329 g/mol. The zero-order chi connectivity index (χ0) is 16.4. The molecule has 0 radical (unpaired) electrons. The van der Waals surface area contributed by atoms with Gasteiger partial charge in [-0.1, -0.05) is 6.07 Å². The van der Waals surface area contributed by atoms with Crippen molar-refractivity contribution in [2.75, 3.05) is 19.8 Å². The third kappa shape index (κ3) is 4.37. The van der Waals surface area contributed by atoms with E-state index in [0.29, 0.717) is 25.7 Å². The van der Waals surface area contributed by atoms with E-state index in [4.69, 9.17) is 4.74 Å². The number of rotatable bonds is 5.